The molecule has 0 unspecified atom stereocenters. The van der Waals surface area contributed by atoms with Gasteiger partial charge in [0.05, 0.1) is 16.6 Å². The molecule has 27 heavy (non-hydrogen) atoms. The number of hydrogen-bond acceptors (Lipinski definition) is 4. The summed E-state index contributed by atoms with van der Waals surface area (Å²) in [5.74, 6) is -0.456. The molecule has 0 aliphatic rings. The second-order valence-corrected chi connectivity index (χ2v) is 6.74. The Morgan fingerprint density at radius 1 is 1.15 bits per heavy atom. The summed E-state index contributed by atoms with van der Waals surface area (Å²) in [6, 6.07) is 11.7. The van der Waals surface area contributed by atoms with Crippen molar-refractivity contribution in [2.24, 2.45) is 5.92 Å². The van der Waals surface area contributed by atoms with Gasteiger partial charge in [-0.2, -0.15) is 5.10 Å². The van der Waals surface area contributed by atoms with Gasteiger partial charge in [0.15, 0.2) is 5.65 Å². The Kier molecular flexibility index (Phi) is 3.99. The van der Waals surface area contributed by atoms with Gasteiger partial charge in [0.1, 0.15) is 0 Å². The zero-order valence-corrected chi connectivity index (χ0v) is 15.3. The van der Waals surface area contributed by atoms with E-state index in [-0.39, 0.29) is 17.4 Å². The standard InChI is InChI=1S/C20H19N5O2/c1-12(2)19(26)23-24-10-9-16-15(20(24)27)11-21-18-17(13(3)22-25(16)18)14-7-5-4-6-8-14/h4-12H,1-3H3,(H,23,26). The lowest BCUT2D eigenvalue weighted by atomic mass is 10.1. The Labute approximate surface area is 155 Å². The minimum atomic E-state index is -0.342. The smallest absolute Gasteiger partial charge is 0.273 e. The number of nitrogens with one attached hydrogen (secondary N) is 1. The lowest BCUT2D eigenvalue weighted by Crippen LogP contribution is -2.35. The molecule has 136 valence electrons. The molecule has 1 amide bonds. The summed E-state index contributed by atoms with van der Waals surface area (Å²) in [5, 5.41) is 4.98. The van der Waals surface area contributed by atoms with E-state index in [0.717, 1.165) is 16.8 Å². The van der Waals surface area contributed by atoms with Crippen LogP contribution in [0.3, 0.4) is 0 Å². The highest BCUT2D eigenvalue weighted by molar-refractivity contribution is 5.88. The van der Waals surface area contributed by atoms with Gasteiger partial charge in [-0.25, -0.2) is 14.2 Å². The van der Waals surface area contributed by atoms with E-state index >= 15 is 0 Å². The van der Waals surface area contributed by atoms with Crippen LogP contribution in [-0.4, -0.2) is 25.2 Å². The van der Waals surface area contributed by atoms with E-state index < -0.39 is 0 Å². The summed E-state index contributed by atoms with van der Waals surface area (Å²) >= 11 is 0. The molecule has 4 rings (SSSR count). The molecule has 7 heteroatoms. The van der Waals surface area contributed by atoms with E-state index in [0.29, 0.717) is 16.6 Å². The molecule has 0 radical (unpaired) electrons. The summed E-state index contributed by atoms with van der Waals surface area (Å²) in [4.78, 5) is 29.2. The first-order valence-corrected chi connectivity index (χ1v) is 8.73. The molecule has 0 atom stereocenters. The van der Waals surface area contributed by atoms with Crippen molar-refractivity contribution < 1.29 is 4.79 Å². The predicted molar refractivity (Wildman–Crippen MR) is 104 cm³/mol. The van der Waals surface area contributed by atoms with E-state index in [2.05, 4.69) is 15.5 Å². The van der Waals surface area contributed by atoms with Crippen molar-refractivity contribution in [3.05, 3.63) is 64.8 Å². The highest BCUT2D eigenvalue weighted by atomic mass is 16.2. The van der Waals surface area contributed by atoms with E-state index in [1.54, 1.807) is 36.8 Å². The minimum Gasteiger partial charge on any atom is -0.273 e. The third-order valence-electron chi connectivity index (χ3n) is 4.50. The Morgan fingerprint density at radius 3 is 2.59 bits per heavy atom. The van der Waals surface area contributed by atoms with Crippen LogP contribution in [0.25, 0.3) is 27.7 Å². The van der Waals surface area contributed by atoms with Gasteiger partial charge in [-0.3, -0.25) is 15.0 Å². The van der Waals surface area contributed by atoms with Crippen molar-refractivity contribution in [3.63, 3.8) is 0 Å². The maximum atomic E-state index is 12.8. The van der Waals surface area contributed by atoms with Crippen molar-refractivity contribution in [1.82, 2.24) is 19.3 Å². The molecule has 0 bridgehead atoms. The molecule has 0 saturated heterocycles. The molecule has 3 aromatic heterocycles. The number of fused-ring (bicyclic) bond motifs is 3. The minimum absolute atomic E-state index is 0.226. The number of pyridine rings is 1. The van der Waals surface area contributed by atoms with Crippen LogP contribution in [0.1, 0.15) is 19.5 Å². The molecular weight excluding hydrogens is 342 g/mol. The number of benzene rings is 1. The molecule has 3 heterocycles. The molecule has 0 saturated carbocycles. The molecule has 1 aromatic carbocycles. The molecule has 0 aliphatic carbocycles. The maximum absolute atomic E-state index is 12.8. The monoisotopic (exact) mass is 361 g/mol. The number of hydrogen-bond donors (Lipinski definition) is 1. The lowest BCUT2D eigenvalue weighted by Gasteiger charge is -2.11. The zero-order chi connectivity index (χ0) is 19.1. The third-order valence-corrected chi connectivity index (χ3v) is 4.50. The largest absolute Gasteiger partial charge is 0.280 e. The highest BCUT2D eigenvalue weighted by Crippen LogP contribution is 2.28. The quantitative estimate of drug-likeness (QED) is 0.608. The first-order valence-electron chi connectivity index (χ1n) is 8.73. The van der Waals surface area contributed by atoms with Gasteiger partial charge in [-0.05, 0) is 18.6 Å². The second kappa shape index (κ2) is 6.35. The van der Waals surface area contributed by atoms with Gasteiger partial charge >= 0.3 is 0 Å². The van der Waals surface area contributed by atoms with Crippen molar-refractivity contribution in [2.75, 3.05) is 5.43 Å². The summed E-state index contributed by atoms with van der Waals surface area (Å²) in [6.45, 7) is 5.46. The maximum Gasteiger partial charge on any atom is 0.280 e. The van der Waals surface area contributed by atoms with E-state index in [1.165, 1.54) is 4.68 Å². The fourth-order valence-corrected chi connectivity index (χ4v) is 3.05. The Bertz CT molecular complexity index is 1220. The van der Waals surface area contributed by atoms with Crippen molar-refractivity contribution >= 4 is 22.5 Å². The highest BCUT2D eigenvalue weighted by Gasteiger charge is 2.16. The molecule has 1 N–H and O–H groups in total. The fraction of sp³-hybridized carbons (Fsp3) is 0.200. The summed E-state index contributed by atoms with van der Waals surface area (Å²) < 4.78 is 2.87. The molecular formula is C20H19N5O2. The number of rotatable bonds is 3. The zero-order valence-electron chi connectivity index (χ0n) is 15.3. The first-order chi connectivity index (χ1) is 13.0. The number of nitrogens with zero attached hydrogens (tertiary/aromatic N) is 4. The number of amides is 1. The van der Waals surface area contributed by atoms with Crippen LogP contribution in [-0.2, 0) is 4.79 Å². The molecule has 7 nitrogen and oxygen atoms in total. The fourth-order valence-electron chi connectivity index (χ4n) is 3.05. The molecule has 0 spiro atoms. The number of aromatic nitrogens is 4. The van der Waals surface area contributed by atoms with Crippen LogP contribution >= 0.6 is 0 Å². The topological polar surface area (TPSA) is 81.3 Å². The average molecular weight is 361 g/mol. The van der Waals surface area contributed by atoms with Crippen molar-refractivity contribution in [1.29, 1.82) is 0 Å². The number of carbonyl (C=O) groups is 1. The SMILES string of the molecule is Cc1nn2c(ncc3c(=O)n(NC(=O)C(C)C)ccc32)c1-c1ccccc1. The third kappa shape index (κ3) is 2.77. The van der Waals surface area contributed by atoms with E-state index in [4.69, 9.17) is 0 Å². The number of aryl methyl sites for hydroxylation is 1. The van der Waals surface area contributed by atoms with Gasteiger partial charge in [-0.1, -0.05) is 44.2 Å². The Morgan fingerprint density at radius 2 is 1.89 bits per heavy atom. The second-order valence-electron chi connectivity index (χ2n) is 6.74. The van der Waals surface area contributed by atoms with Gasteiger partial charge in [0.2, 0.25) is 5.91 Å². The Balaban J connectivity index is 1.92. The van der Waals surface area contributed by atoms with Gasteiger partial charge in [0, 0.05) is 23.9 Å². The first kappa shape index (κ1) is 17.0. The van der Waals surface area contributed by atoms with Crippen LogP contribution in [0.4, 0.5) is 0 Å². The van der Waals surface area contributed by atoms with Gasteiger partial charge < -0.3 is 0 Å². The van der Waals surface area contributed by atoms with Crippen LogP contribution in [0.2, 0.25) is 0 Å². The molecule has 4 aromatic rings. The van der Waals surface area contributed by atoms with Crippen molar-refractivity contribution in [3.8, 4) is 11.1 Å². The number of carbonyl (C=O) groups excluding carboxylic acids is 1. The van der Waals surface area contributed by atoms with E-state index in [9.17, 15) is 9.59 Å². The lowest BCUT2D eigenvalue weighted by molar-refractivity contribution is -0.119. The molecule has 0 fully saturated rings. The molecule has 0 aliphatic heterocycles. The summed E-state index contributed by atoms with van der Waals surface area (Å²) in [6.07, 6.45) is 3.09. The van der Waals surface area contributed by atoms with Crippen LogP contribution in [0.15, 0.2) is 53.6 Å². The van der Waals surface area contributed by atoms with Crippen LogP contribution in [0, 0.1) is 12.8 Å². The van der Waals surface area contributed by atoms with E-state index in [1.807, 2.05) is 37.3 Å². The van der Waals surface area contributed by atoms with Gasteiger partial charge in [-0.15, -0.1) is 0 Å². The average Bonchev–Trinajstić information content (AvgIpc) is 3.00. The summed E-state index contributed by atoms with van der Waals surface area (Å²) in [5.41, 5.74) is 6.39. The predicted octanol–water partition coefficient (Wildman–Crippen LogP) is 2.75. The Hall–Kier alpha value is -3.48. The van der Waals surface area contributed by atoms with Crippen molar-refractivity contribution in [2.45, 2.75) is 20.8 Å². The van der Waals surface area contributed by atoms with Gasteiger partial charge in [0.25, 0.3) is 5.56 Å². The summed E-state index contributed by atoms with van der Waals surface area (Å²) in [7, 11) is 0. The normalized spacial score (nSPS) is 11.4. The van der Waals surface area contributed by atoms with Crippen LogP contribution in [0.5, 0.6) is 0 Å². The van der Waals surface area contributed by atoms with Crippen LogP contribution < -0.4 is 11.0 Å².